The third kappa shape index (κ3) is 3.78. The zero-order chi connectivity index (χ0) is 9.68. The van der Waals surface area contributed by atoms with Crippen molar-refractivity contribution in [3.8, 4) is 0 Å². The van der Waals surface area contributed by atoms with Crippen LogP contribution in [0.2, 0.25) is 0 Å². The lowest BCUT2D eigenvalue weighted by Crippen LogP contribution is -2.07. The molecule has 1 aromatic heterocycles. The van der Waals surface area contributed by atoms with Crippen LogP contribution in [-0.4, -0.2) is 18.0 Å². The van der Waals surface area contributed by atoms with E-state index in [9.17, 15) is 13.2 Å². The molecule has 0 aliphatic rings. The predicted octanol–water partition coefficient (Wildman–Crippen LogP) is 2.29. The van der Waals surface area contributed by atoms with Crippen molar-refractivity contribution >= 4 is 5.82 Å². The molecule has 1 heterocycles. The van der Waals surface area contributed by atoms with Crippen LogP contribution in [0.5, 0.6) is 0 Å². The summed E-state index contributed by atoms with van der Waals surface area (Å²) in [7, 11) is 0. The average Bonchev–Trinajstić information content (AvgIpc) is 2.03. The van der Waals surface area contributed by atoms with Crippen LogP contribution in [0.1, 0.15) is 6.42 Å². The maximum absolute atomic E-state index is 12.5. The lowest BCUT2D eigenvalue weighted by Gasteiger charge is -2.03. The van der Waals surface area contributed by atoms with Gasteiger partial charge in [0, 0.05) is 13.0 Å². The van der Waals surface area contributed by atoms with Crippen LogP contribution in [0.25, 0.3) is 0 Å². The Morgan fingerprint density at radius 2 is 2.15 bits per heavy atom. The minimum Gasteiger partial charge on any atom is -0.370 e. The number of pyridine rings is 1. The molecule has 0 bridgehead atoms. The molecule has 0 saturated heterocycles. The summed E-state index contributed by atoms with van der Waals surface area (Å²) in [4.78, 5) is 3.45. The van der Waals surface area contributed by atoms with E-state index in [1.54, 1.807) is 0 Å². The summed E-state index contributed by atoms with van der Waals surface area (Å²) in [6.45, 7) is 0.0914. The van der Waals surface area contributed by atoms with Crippen molar-refractivity contribution in [1.29, 1.82) is 0 Å². The molecule has 0 unspecified atom stereocenters. The number of nitrogens with one attached hydrogen (secondary N) is 1. The molecule has 5 heteroatoms. The molecule has 0 aliphatic heterocycles. The van der Waals surface area contributed by atoms with E-state index in [-0.39, 0.29) is 18.8 Å². The van der Waals surface area contributed by atoms with Crippen molar-refractivity contribution in [1.82, 2.24) is 4.98 Å². The van der Waals surface area contributed by atoms with E-state index in [4.69, 9.17) is 0 Å². The molecule has 0 atom stereocenters. The quantitative estimate of drug-likeness (QED) is 0.737. The summed E-state index contributed by atoms with van der Waals surface area (Å²) in [5.41, 5.74) is 0. The molecule has 72 valence electrons. The number of aromatic nitrogens is 1. The molecule has 0 radical (unpaired) electrons. The van der Waals surface area contributed by atoms with E-state index >= 15 is 0 Å². The van der Waals surface area contributed by atoms with Gasteiger partial charge in [-0.25, -0.2) is 13.8 Å². The fourth-order valence-electron chi connectivity index (χ4n) is 0.816. The van der Waals surface area contributed by atoms with E-state index < -0.39 is 12.4 Å². The Morgan fingerprint density at radius 3 is 2.77 bits per heavy atom. The zero-order valence-corrected chi connectivity index (χ0v) is 6.80. The Hall–Kier alpha value is -1.26. The number of hydrogen-bond acceptors (Lipinski definition) is 2. The van der Waals surface area contributed by atoms with Crippen molar-refractivity contribution < 1.29 is 13.2 Å². The number of rotatable bonds is 4. The second-order valence-corrected chi connectivity index (χ2v) is 2.45. The Balaban J connectivity index is 2.37. The Kier molecular flexibility index (Phi) is 3.54. The van der Waals surface area contributed by atoms with Gasteiger partial charge in [-0.1, -0.05) is 6.07 Å². The summed E-state index contributed by atoms with van der Waals surface area (Å²) < 4.78 is 35.8. The third-order valence-corrected chi connectivity index (χ3v) is 1.38. The topological polar surface area (TPSA) is 24.9 Å². The van der Waals surface area contributed by atoms with Crippen LogP contribution in [-0.2, 0) is 0 Å². The standard InChI is InChI=1S/C8H9F3N2/c9-6(10)4-5-12-8-3-1-2-7(11)13-8/h1-3,6H,4-5H2,(H,12,13). The van der Waals surface area contributed by atoms with Gasteiger partial charge < -0.3 is 5.32 Å². The molecule has 0 aromatic carbocycles. The van der Waals surface area contributed by atoms with E-state index in [1.807, 2.05) is 0 Å². The van der Waals surface area contributed by atoms with Gasteiger partial charge in [0.25, 0.3) is 0 Å². The Morgan fingerprint density at radius 1 is 1.38 bits per heavy atom. The summed E-state index contributed by atoms with van der Waals surface area (Å²) >= 11 is 0. The normalized spacial score (nSPS) is 10.5. The molecular weight excluding hydrogens is 181 g/mol. The van der Waals surface area contributed by atoms with Crippen LogP contribution < -0.4 is 5.32 Å². The van der Waals surface area contributed by atoms with Crippen LogP contribution in [0.3, 0.4) is 0 Å². The van der Waals surface area contributed by atoms with Crippen molar-refractivity contribution in [2.45, 2.75) is 12.8 Å². The summed E-state index contributed by atoms with van der Waals surface area (Å²) in [5.74, 6) is -0.345. The third-order valence-electron chi connectivity index (χ3n) is 1.38. The molecule has 0 aliphatic carbocycles. The highest BCUT2D eigenvalue weighted by molar-refractivity contribution is 5.33. The van der Waals surface area contributed by atoms with Crippen LogP contribution in [0, 0.1) is 5.95 Å². The summed E-state index contributed by atoms with van der Waals surface area (Å²) in [5, 5.41) is 2.59. The Labute approximate surface area is 73.8 Å². The number of halogens is 3. The highest BCUT2D eigenvalue weighted by Crippen LogP contribution is 2.04. The smallest absolute Gasteiger partial charge is 0.240 e. The monoisotopic (exact) mass is 190 g/mol. The molecule has 1 rings (SSSR count). The molecule has 0 spiro atoms. The molecule has 0 amide bonds. The highest BCUT2D eigenvalue weighted by atomic mass is 19.3. The molecular formula is C8H9F3N2. The van der Waals surface area contributed by atoms with Gasteiger partial charge in [-0.15, -0.1) is 0 Å². The van der Waals surface area contributed by atoms with Crippen LogP contribution in [0.4, 0.5) is 19.0 Å². The van der Waals surface area contributed by atoms with E-state index in [1.165, 1.54) is 18.2 Å². The first-order valence-corrected chi connectivity index (χ1v) is 3.83. The fourth-order valence-corrected chi connectivity index (χ4v) is 0.816. The van der Waals surface area contributed by atoms with Gasteiger partial charge in [-0.2, -0.15) is 4.39 Å². The van der Waals surface area contributed by atoms with Gasteiger partial charge >= 0.3 is 0 Å². The predicted molar refractivity (Wildman–Crippen MR) is 43.3 cm³/mol. The van der Waals surface area contributed by atoms with Crippen molar-refractivity contribution in [2.24, 2.45) is 0 Å². The summed E-state index contributed by atoms with van der Waals surface area (Å²) in [6, 6.07) is 4.18. The van der Waals surface area contributed by atoms with Crippen molar-refractivity contribution in [2.75, 3.05) is 11.9 Å². The van der Waals surface area contributed by atoms with E-state index in [2.05, 4.69) is 10.3 Å². The van der Waals surface area contributed by atoms with Gasteiger partial charge in [-0.05, 0) is 12.1 Å². The molecule has 2 nitrogen and oxygen atoms in total. The van der Waals surface area contributed by atoms with Crippen molar-refractivity contribution in [3.63, 3.8) is 0 Å². The number of alkyl halides is 2. The molecule has 1 aromatic rings. The van der Waals surface area contributed by atoms with Gasteiger partial charge in [0.2, 0.25) is 12.4 Å². The lowest BCUT2D eigenvalue weighted by atomic mass is 10.4. The SMILES string of the molecule is Fc1cccc(NCCC(F)F)n1. The first kappa shape index (κ1) is 9.83. The van der Waals surface area contributed by atoms with Gasteiger partial charge in [-0.3, -0.25) is 0 Å². The molecule has 0 saturated carbocycles. The van der Waals surface area contributed by atoms with E-state index in [0.29, 0.717) is 0 Å². The first-order valence-electron chi connectivity index (χ1n) is 3.83. The number of hydrogen-bond donors (Lipinski definition) is 1. The summed E-state index contributed by atoms with van der Waals surface area (Å²) in [6.07, 6.45) is -2.61. The fraction of sp³-hybridized carbons (Fsp3) is 0.375. The molecule has 1 N–H and O–H groups in total. The number of anilines is 1. The Bertz CT molecular complexity index is 265. The minimum atomic E-state index is -2.35. The molecule has 13 heavy (non-hydrogen) atoms. The maximum Gasteiger partial charge on any atom is 0.240 e. The van der Waals surface area contributed by atoms with Gasteiger partial charge in [0.05, 0.1) is 0 Å². The van der Waals surface area contributed by atoms with Gasteiger partial charge in [0.1, 0.15) is 5.82 Å². The zero-order valence-electron chi connectivity index (χ0n) is 6.80. The molecule has 0 fully saturated rings. The maximum atomic E-state index is 12.5. The minimum absolute atomic E-state index is 0.0914. The second-order valence-electron chi connectivity index (χ2n) is 2.45. The number of nitrogens with zero attached hydrogens (tertiary/aromatic N) is 1. The second kappa shape index (κ2) is 4.69. The average molecular weight is 190 g/mol. The lowest BCUT2D eigenvalue weighted by molar-refractivity contribution is 0.142. The van der Waals surface area contributed by atoms with E-state index in [0.717, 1.165) is 0 Å². The van der Waals surface area contributed by atoms with Crippen LogP contribution >= 0.6 is 0 Å². The first-order chi connectivity index (χ1) is 6.18. The largest absolute Gasteiger partial charge is 0.370 e. The van der Waals surface area contributed by atoms with Crippen molar-refractivity contribution in [3.05, 3.63) is 24.1 Å². The highest BCUT2D eigenvalue weighted by Gasteiger charge is 2.01. The van der Waals surface area contributed by atoms with Crippen LogP contribution in [0.15, 0.2) is 18.2 Å². The van der Waals surface area contributed by atoms with Gasteiger partial charge in [0.15, 0.2) is 0 Å².